The molecule has 1 unspecified atom stereocenters. The van der Waals surface area contributed by atoms with Gasteiger partial charge in [-0.25, -0.2) is 0 Å². The predicted octanol–water partition coefficient (Wildman–Crippen LogP) is 3.01. The third-order valence-corrected chi connectivity index (χ3v) is 3.28. The van der Waals surface area contributed by atoms with E-state index in [2.05, 4.69) is 25.2 Å². The highest BCUT2D eigenvalue weighted by molar-refractivity contribution is 5.50. The van der Waals surface area contributed by atoms with Crippen LogP contribution in [0.3, 0.4) is 0 Å². The molecule has 0 heterocycles. The fraction of sp³-hybridized carbons (Fsp3) is 0.571. The van der Waals surface area contributed by atoms with Crippen LogP contribution in [0.15, 0.2) is 24.3 Å². The summed E-state index contributed by atoms with van der Waals surface area (Å²) in [5.74, 6) is 0.869. The molecular formula is C14H24N2O. The molecule has 0 radical (unpaired) electrons. The predicted molar refractivity (Wildman–Crippen MR) is 73.6 cm³/mol. The average Bonchev–Trinajstić information content (AvgIpc) is 2.38. The Morgan fingerprint density at radius 3 is 2.65 bits per heavy atom. The number of hydrogen-bond donors (Lipinski definition) is 2. The van der Waals surface area contributed by atoms with Gasteiger partial charge in [0, 0.05) is 23.8 Å². The van der Waals surface area contributed by atoms with E-state index in [0.717, 1.165) is 30.7 Å². The number of hydrogen-bond acceptors (Lipinski definition) is 3. The summed E-state index contributed by atoms with van der Waals surface area (Å²) < 4.78 is 5.23. The molecule has 1 atom stereocenters. The Hall–Kier alpha value is -1.22. The zero-order chi connectivity index (χ0) is 12.7. The normalized spacial score (nSPS) is 14.1. The molecule has 0 spiro atoms. The van der Waals surface area contributed by atoms with Gasteiger partial charge in [-0.2, -0.15) is 0 Å². The maximum atomic E-state index is 5.93. The standard InChI is InChI=1S/C14H24N2O/c1-4-9-14(5-2,11-15)16-12-7-6-8-13(10-12)17-3/h6-8,10,16H,4-5,9,11,15H2,1-3H3. The van der Waals surface area contributed by atoms with Crippen molar-refractivity contribution in [2.45, 2.75) is 38.6 Å². The third-order valence-electron chi connectivity index (χ3n) is 3.28. The fourth-order valence-corrected chi connectivity index (χ4v) is 2.11. The third kappa shape index (κ3) is 3.63. The van der Waals surface area contributed by atoms with E-state index in [1.165, 1.54) is 0 Å². The molecule has 1 aromatic rings. The van der Waals surface area contributed by atoms with E-state index in [1.54, 1.807) is 7.11 Å². The van der Waals surface area contributed by atoms with Crippen LogP contribution in [0, 0.1) is 0 Å². The second kappa shape index (κ2) is 6.50. The minimum absolute atomic E-state index is 0.00111. The second-order valence-electron chi connectivity index (χ2n) is 4.44. The highest BCUT2D eigenvalue weighted by atomic mass is 16.5. The van der Waals surface area contributed by atoms with Crippen molar-refractivity contribution in [3.05, 3.63) is 24.3 Å². The molecule has 0 aliphatic carbocycles. The van der Waals surface area contributed by atoms with Crippen LogP contribution in [-0.4, -0.2) is 19.2 Å². The number of methoxy groups -OCH3 is 1. The van der Waals surface area contributed by atoms with Crippen LogP contribution in [0.4, 0.5) is 5.69 Å². The fourth-order valence-electron chi connectivity index (χ4n) is 2.11. The molecular weight excluding hydrogens is 212 g/mol. The Bertz CT molecular complexity index is 335. The molecule has 3 heteroatoms. The van der Waals surface area contributed by atoms with Crippen molar-refractivity contribution >= 4 is 5.69 Å². The number of nitrogens with two attached hydrogens (primary N) is 1. The molecule has 3 N–H and O–H groups in total. The van der Waals surface area contributed by atoms with Gasteiger partial charge in [0.05, 0.1) is 7.11 Å². The summed E-state index contributed by atoms with van der Waals surface area (Å²) in [6.45, 7) is 5.01. The molecule has 96 valence electrons. The van der Waals surface area contributed by atoms with Gasteiger partial charge in [-0.05, 0) is 25.0 Å². The molecule has 1 aromatic carbocycles. The minimum atomic E-state index is 0.00111. The van der Waals surface area contributed by atoms with Gasteiger partial charge in [0.15, 0.2) is 0 Å². The minimum Gasteiger partial charge on any atom is -0.497 e. The molecule has 0 aromatic heterocycles. The summed E-state index contributed by atoms with van der Waals surface area (Å²) >= 11 is 0. The van der Waals surface area contributed by atoms with Crippen molar-refractivity contribution in [1.29, 1.82) is 0 Å². The first kappa shape index (κ1) is 13.8. The lowest BCUT2D eigenvalue weighted by Crippen LogP contribution is -2.44. The van der Waals surface area contributed by atoms with Gasteiger partial charge in [-0.1, -0.05) is 26.3 Å². The Labute approximate surface area is 104 Å². The highest BCUT2D eigenvalue weighted by Crippen LogP contribution is 2.25. The lowest BCUT2D eigenvalue weighted by atomic mass is 9.90. The summed E-state index contributed by atoms with van der Waals surface area (Å²) in [5.41, 5.74) is 7.00. The first-order valence-electron chi connectivity index (χ1n) is 6.32. The Balaban J connectivity index is 2.84. The maximum Gasteiger partial charge on any atom is 0.120 e. The summed E-state index contributed by atoms with van der Waals surface area (Å²) in [6.07, 6.45) is 3.23. The topological polar surface area (TPSA) is 47.3 Å². The van der Waals surface area contributed by atoms with E-state index in [1.807, 2.05) is 18.2 Å². The summed E-state index contributed by atoms with van der Waals surface area (Å²) in [4.78, 5) is 0. The van der Waals surface area contributed by atoms with E-state index in [9.17, 15) is 0 Å². The molecule has 1 rings (SSSR count). The van der Waals surface area contributed by atoms with Gasteiger partial charge in [-0.15, -0.1) is 0 Å². The number of ether oxygens (including phenoxy) is 1. The smallest absolute Gasteiger partial charge is 0.120 e. The van der Waals surface area contributed by atoms with Gasteiger partial charge in [0.25, 0.3) is 0 Å². The van der Waals surface area contributed by atoms with Gasteiger partial charge in [0.1, 0.15) is 5.75 Å². The Morgan fingerprint density at radius 1 is 1.35 bits per heavy atom. The quantitative estimate of drug-likeness (QED) is 0.765. The first-order chi connectivity index (χ1) is 8.19. The lowest BCUT2D eigenvalue weighted by molar-refractivity contribution is 0.411. The van der Waals surface area contributed by atoms with E-state index in [0.29, 0.717) is 6.54 Å². The van der Waals surface area contributed by atoms with E-state index >= 15 is 0 Å². The molecule has 17 heavy (non-hydrogen) atoms. The zero-order valence-electron chi connectivity index (χ0n) is 11.1. The molecule has 0 aliphatic rings. The first-order valence-corrected chi connectivity index (χ1v) is 6.32. The average molecular weight is 236 g/mol. The van der Waals surface area contributed by atoms with Gasteiger partial charge >= 0.3 is 0 Å². The van der Waals surface area contributed by atoms with Crippen molar-refractivity contribution in [1.82, 2.24) is 0 Å². The van der Waals surface area contributed by atoms with Gasteiger partial charge in [-0.3, -0.25) is 0 Å². The van der Waals surface area contributed by atoms with Crippen LogP contribution in [0.25, 0.3) is 0 Å². The molecule has 0 bridgehead atoms. The van der Waals surface area contributed by atoms with Crippen molar-refractivity contribution < 1.29 is 4.74 Å². The van der Waals surface area contributed by atoms with Crippen molar-refractivity contribution in [2.75, 3.05) is 19.0 Å². The van der Waals surface area contributed by atoms with Gasteiger partial charge in [0.2, 0.25) is 0 Å². The van der Waals surface area contributed by atoms with Crippen LogP contribution in [0.2, 0.25) is 0 Å². The highest BCUT2D eigenvalue weighted by Gasteiger charge is 2.25. The molecule has 0 amide bonds. The Kier molecular flexibility index (Phi) is 5.29. The van der Waals surface area contributed by atoms with Gasteiger partial charge < -0.3 is 15.8 Å². The molecule has 0 aliphatic heterocycles. The lowest BCUT2D eigenvalue weighted by Gasteiger charge is -2.33. The number of benzene rings is 1. The van der Waals surface area contributed by atoms with Crippen molar-refractivity contribution in [3.63, 3.8) is 0 Å². The second-order valence-corrected chi connectivity index (χ2v) is 4.44. The maximum absolute atomic E-state index is 5.93. The van der Waals surface area contributed by atoms with Crippen LogP contribution in [0.1, 0.15) is 33.1 Å². The summed E-state index contributed by atoms with van der Waals surface area (Å²) in [7, 11) is 1.68. The SMILES string of the molecule is CCCC(CC)(CN)Nc1cccc(OC)c1. The van der Waals surface area contributed by atoms with E-state index in [-0.39, 0.29) is 5.54 Å². The molecule has 0 fully saturated rings. The van der Waals surface area contributed by atoms with Crippen LogP contribution in [0.5, 0.6) is 5.75 Å². The zero-order valence-corrected chi connectivity index (χ0v) is 11.1. The molecule has 0 saturated carbocycles. The van der Waals surface area contributed by atoms with E-state index < -0.39 is 0 Å². The van der Waals surface area contributed by atoms with E-state index in [4.69, 9.17) is 10.5 Å². The summed E-state index contributed by atoms with van der Waals surface area (Å²) in [5, 5.41) is 3.56. The van der Waals surface area contributed by atoms with Crippen molar-refractivity contribution in [2.24, 2.45) is 5.73 Å². The van der Waals surface area contributed by atoms with Crippen LogP contribution >= 0.6 is 0 Å². The van der Waals surface area contributed by atoms with Crippen LogP contribution < -0.4 is 15.8 Å². The van der Waals surface area contributed by atoms with Crippen molar-refractivity contribution in [3.8, 4) is 5.75 Å². The Morgan fingerprint density at radius 2 is 2.12 bits per heavy atom. The summed E-state index contributed by atoms with van der Waals surface area (Å²) in [6, 6.07) is 8.00. The molecule has 0 saturated heterocycles. The number of rotatable bonds is 7. The molecule has 3 nitrogen and oxygen atoms in total. The largest absolute Gasteiger partial charge is 0.497 e. The number of anilines is 1. The monoisotopic (exact) mass is 236 g/mol. The number of nitrogens with one attached hydrogen (secondary N) is 1. The van der Waals surface area contributed by atoms with Crippen LogP contribution in [-0.2, 0) is 0 Å².